The van der Waals surface area contributed by atoms with E-state index in [2.05, 4.69) is 0 Å². The van der Waals surface area contributed by atoms with Gasteiger partial charge in [-0.2, -0.15) is 8.42 Å². The van der Waals surface area contributed by atoms with E-state index in [0.29, 0.717) is 24.3 Å². The van der Waals surface area contributed by atoms with Crippen LogP contribution in [0, 0.1) is 23.3 Å². The van der Waals surface area contributed by atoms with E-state index in [-0.39, 0.29) is 0 Å². The second kappa shape index (κ2) is 6.38. The van der Waals surface area contributed by atoms with Crippen LogP contribution in [0.3, 0.4) is 0 Å². The molecule has 128 valence electrons. The highest BCUT2D eigenvalue weighted by Crippen LogP contribution is 2.36. The summed E-state index contributed by atoms with van der Waals surface area (Å²) in [4.78, 5) is 11.1. The number of nitrogens with zero attached hydrogens (tertiary/aromatic N) is 1. The van der Waals surface area contributed by atoms with Crippen LogP contribution in [-0.2, 0) is 10.3 Å². The maximum Gasteiger partial charge on any atom is 0.364 e. The zero-order valence-electron chi connectivity index (χ0n) is 11.3. The van der Waals surface area contributed by atoms with E-state index in [1.807, 2.05) is 0 Å². The van der Waals surface area contributed by atoms with Crippen molar-refractivity contribution in [2.24, 2.45) is 0 Å². The average molecular weight is 384 g/mol. The van der Waals surface area contributed by atoms with E-state index in [1.54, 1.807) is 0 Å². The van der Waals surface area contributed by atoms with Crippen LogP contribution in [0.15, 0.2) is 30.3 Å². The predicted octanol–water partition coefficient (Wildman–Crippen LogP) is 3.56. The summed E-state index contributed by atoms with van der Waals surface area (Å²) in [6.45, 7) is 0. The molecule has 0 aliphatic carbocycles. The third-order valence-electron chi connectivity index (χ3n) is 2.86. The Morgan fingerprint density at radius 1 is 1.00 bits per heavy atom. The van der Waals surface area contributed by atoms with Crippen LogP contribution in [0.4, 0.5) is 28.9 Å². The van der Waals surface area contributed by atoms with E-state index in [1.165, 1.54) is 0 Å². The molecule has 24 heavy (non-hydrogen) atoms. The molecule has 0 aliphatic heterocycles. The van der Waals surface area contributed by atoms with Crippen molar-refractivity contribution >= 4 is 38.5 Å². The highest BCUT2D eigenvalue weighted by atomic mass is 35.5. The van der Waals surface area contributed by atoms with Crippen LogP contribution in [-0.4, -0.2) is 18.2 Å². The zero-order valence-corrected chi connectivity index (χ0v) is 12.9. The molecular weight excluding hydrogens is 378 g/mol. The van der Waals surface area contributed by atoms with Crippen LogP contribution >= 0.6 is 11.6 Å². The Morgan fingerprint density at radius 3 is 2.00 bits per heavy atom. The molecule has 0 radical (unpaired) electrons. The lowest BCUT2D eigenvalue weighted by Gasteiger charge is -2.23. The van der Waals surface area contributed by atoms with Gasteiger partial charge in [-0.3, -0.25) is 9.35 Å². The standard InChI is InChI=1S/C13H6ClF4NO4S/c14-13(20)10-6(15)4-5-9(11(10)18)19(24(21,22)23)12-7(16)2-1-3-8(12)17/h1-5H,(H,21,22,23). The van der Waals surface area contributed by atoms with Gasteiger partial charge in [0, 0.05) is 0 Å². The molecule has 0 spiro atoms. The maximum absolute atomic E-state index is 14.3. The van der Waals surface area contributed by atoms with Gasteiger partial charge in [0.05, 0.1) is 5.69 Å². The second-order valence-corrected chi connectivity index (χ2v) is 5.95. The minimum atomic E-state index is -5.46. The molecule has 2 aromatic rings. The van der Waals surface area contributed by atoms with E-state index < -0.39 is 60.1 Å². The van der Waals surface area contributed by atoms with E-state index in [4.69, 9.17) is 11.6 Å². The molecule has 5 nitrogen and oxygen atoms in total. The van der Waals surface area contributed by atoms with Gasteiger partial charge in [-0.15, -0.1) is 0 Å². The number of para-hydroxylation sites is 1. The molecule has 0 saturated heterocycles. The minimum Gasteiger partial charge on any atom is -0.275 e. The molecule has 11 heteroatoms. The first-order chi connectivity index (χ1) is 11.1. The first-order valence-corrected chi connectivity index (χ1v) is 7.72. The highest BCUT2D eigenvalue weighted by Gasteiger charge is 2.32. The Morgan fingerprint density at radius 2 is 1.54 bits per heavy atom. The number of carbonyl (C=O) groups excluding carboxylic acids is 1. The maximum atomic E-state index is 14.3. The lowest BCUT2D eigenvalue weighted by atomic mass is 10.1. The van der Waals surface area contributed by atoms with Crippen LogP contribution in [0.1, 0.15) is 10.4 Å². The first-order valence-electron chi connectivity index (χ1n) is 5.95. The molecule has 0 amide bonds. The number of halogens is 5. The molecule has 0 heterocycles. The summed E-state index contributed by atoms with van der Waals surface area (Å²) in [5, 5.41) is -1.61. The van der Waals surface area contributed by atoms with E-state index >= 15 is 0 Å². The minimum absolute atomic E-state index is 0.449. The number of rotatable bonds is 4. The number of anilines is 2. The summed E-state index contributed by atoms with van der Waals surface area (Å²) in [7, 11) is -5.46. The quantitative estimate of drug-likeness (QED) is 0.497. The summed E-state index contributed by atoms with van der Waals surface area (Å²) in [5.41, 5.74) is -3.90. The molecule has 0 unspecified atom stereocenters. The smallest absolute Gasteiger partial charge is 0.275 e. The van der Waals surface area contributed by atoms with Crippen molar-refractivity contribution < 1.29 is 35.3 Å². The largest absolute Gasteiger partial charge is 0.364 e. The van der Waals surface area contributed by atoms with Crippen molar-refractivity contribution in [2.75, 3.05) is 4.31 Å². The lowest BCUT2D eigenvalue weighted by molar-refractivity contribution is 0.107. The van der Waals surface area contributed by atoms with Gasteiger partial charge in [0.15, 0.2) is 17.5 Å². The fourth-order valence-electron chi connectivity index (χ4n) is 1.92. The van der Waals surface area contributed by atoms with Crippen molar-refractivity contribution in [3.8, 4) is 0 Å². The normalized spacial score (nSPS) is 11.4. The first kappa shape index (κ1) is 18.2. The van der Waals surface area contributed by atoms with Gasteiger partial charge in [0.1, 0.15) is 17.1 Å². The molecule has 0 aliphatic rings. The molecule has 2 rings (SSSR count). The Balaban J connectivity index is 2.87. The van der Waals surface area contributed by atoms with E-state index in [0.717, 1.165) is 6.07 Å². The van der Waals surface area contributed by atoms with Gasteiger partial charge in [0.2, 0.25) is 0 Å². The topological polar surface area (TPSA) is 74.7 Å². The molecule has 0 bridgehead atoms. The molecule has 2 aromatic carbocycles. The molecule has 0 atom stereocenters. The predicted molar refractivity (Wildman–Crippen MR) is 76.6 cm³/mol. The van der Waals surface area contributed by atoms with Crippen LogP contribution in [0.25, 0.3) is 0 Å². The van der Waals surface area contributed by atoms with Gasteiger partial charge in [-0.1, -0.05) is 6.07 Å². The SMILES string of the molecule is O=C(Cl)c1c(F)ccc(N(c2c(F)cccc2F)S(=O)(=O)O)c1F. The third kappa shape index (κ3) is 3.21. The third-order valence-corrected chi connectivity index (χ3v) is 3.89. The molecular formula is C13H6ClF4NO4S. The Labute approximate surface area is 138 Å². The molecule has 0 aromatic heterocycles. The fraction of sp³-hybridized carbons (Fsp3) is 0. The summed E-state index contributed by atoms with van der Waals surface area (Å²) in [6, 6.07) is 3.10. The molecule has 0 fully saturated rings. The molecule has 0 saturated carbocycles. The van der Waals surface area contributed by atoms with Crippen LogP contribution in [0.2, 0.25) is 0 Å². The summed E-state index contributed by atoms with van der Waals surface area (Å²) in [6.07, 6.45) is 0. The second-order valence-electron chi connectivity index (χ2n) is 4.34. The summed E-state index contributed by atoms with van der Waals surface area (Å²) < 4.78 is 87.3. The van der Waals surface area contributed by atoms with Crippen molar-refractivity contribution in [3.63, 3.8) is 0 Å². The van der Waals surface area contributed by atoms with Crippen molar-refractivity contribution in [2.45, 2.75) is 0 Å². The number of carbonyl (C=O) groups is 1. The number of hydrogen-bond acceptors (Lipinski definition) is 3. The van der Waals surface area contributed by atoms with E-state index in [9.17, 15) is 35.3 Å². The number of benzene rings is 2. The van der Waals surface area contributed by atoms with Crippen molar-refractivity contribution in [3.05, 3.63) is 59.2 Å². The summed E-state index contributed by atoms with van der Waals surface area (Å²) >= 11 is 5.02. The van der Waals surface area contributed by atoms with Gasteiger partial charge >= 0.3 is 10.3 Å². The Hall–Kier alpha value is -2.17. The van der Waals surface area contributed by atoms with Crippen molar-refractivity contribution in [1.82, 2.24) is 0 Å². The lowest BCUT2D eigenvalue weighted by Crippen LogP contribution is -2.28. The summed E-state index contributed by atoms with van der Waals surface area (Å²) in [5.74, 6) is -6.18. The molecule has 1 N–H and O–H groups in total. The van der Waals surface area contributed by atoms with Gasteiger partial charge in [-0.05, 0) is 35.9 Å². The van der Waals surface area contributed by atoms with Gasteiger partial charge in [0.25, 0.3) is 5.24 Å². The number of hydrogen-bond donors (Lipinski definition) is 1. The van der Waals surface area contributed by atoms with Crippen molar-refractivity contribution in [1.29, 1.82) is 0 Å². The fourth-order valence-corrected chi connectivity index (χ4v) is 2.89. The Kier molecular flexibility index (Phi) is 4.83. The monoisotopic (exact) mass is 383 g/mol. The van der Waals surface area contributed by atoms with Crippen LogP contribution in [0.5, 0.6) is 0 Å². The average Bonchev–Trinajstić information content (AvgIpc) is 2.43. The highest BCUT2D eigenvalue weighted by molar-refractivity contribution is 7.87. The van der Waals surface area contributed by atoms with Gasteiger partial charge < -0.3 is 0 Å². The van der Waals surface area contributed by atoms with Crippen LogP contribution < -0.4 is 4.31 Å². The Bertz CT molecular complexity index is 916. The van der Waals surface area contributed by atoms with Gasteiger partial charge in [-0.25, -0.2) is 21.9 Å². The zero-order chi connectivity index (χ0) is 18.2.